The second-order valence-corrected chi connectivity index (χ2v) is 7.24. The van der Waals surface area contributed by atoms with Crippen molar-refractivity contribution in [1.82, 2.24) is 5.32 Å². The molecule has 0 radical (unpaired) electrons. The molecule has 1 aromatic rings. The van der Waals surface area contributed by atoms with Gasteiger partial charge in [-0.2, -0.15) is 0 Å². The van der Waals surface area contributed by atoms with Crippen LogP contribution in [0.4, 0.5) is 0 Å². The lowest BCUT2D eigenvalue weighted by molar-refractivity contribution is 0.429. The molecule has 1 aromatic carbocycles. The van der Waals surface area contributed by atoms with Gasteiger partial charge in [0.25, 0.3) is 0 Å². The van der Waals surface area contributed by atoms with Crippen LogP contribution in [0.2, 0.25) is 0 Å². The quantitative estimate of drug-likeness (QED) is 0.896. The van der Waals surface area contributed by atoms with Gasteiger partial charge < -0.3 is 5.32 Å². The van der Waals surface area contributed by atoms with Crippen molar-refractivity contribution in [2.45, 2.75) is 56.2 Å². The van der Waals surface area contributed by atoms with Gasteiger partial charge in [0.2, 0.25) is 0 Å². The molecule has 19 heavy (non-hydrogen) atoms. The number of nitrogens with one attached hydrogen (secondary N) is 1. The van der Waals surface area contributed by atoms with Crippen LogP contribution in [-0.2, 0) is 10.8 Å². The first-order valence-electron chi connectivity index (χ1n) is 7.34. The van der Waals surface area contributed by atoms with Crippen molar-refractivity contribution in [2.24, 2.45) is 5.92 Å². The van der Waals surface area contributed by atoms with Crippen LogP contribution in [-0.4, -0.2) is 22.0 Å². The Bertz CT molecular complexity index is 446. The van der Waals surface area contributed by atoms with E-state index >= 15 is 0 Å². The fourth-order valence-electron chi connectivity index (χ4n) is 2.99. The Morgan fingerprint density at radius 1 is 1.32 bits per heavy atom. The first kappa shape index (κ1) is 14.7. The molecule has 0 spiro atoms. The van der Waals surface area contributed by atoms with Crippen LogP contribution in [0.5, 0.6) is 0 Å². The summed E-state index contributed by atoms with van der Waals surface area (Å²) in [5, 5.41) is 3.90. The lowest BCUT2D eigenvalue weighted by Gasteiger charge is -2.22. The van der Waals surface area contributed by atoms with Gasteiger partial charge in [-0.25, -0.2) is 0 Å². The Morgan fingerprint density at radius 2 is 2.05 bits per heavy atom. The molecule has 0 heterocycles. The minimum absolute atomic E-state index is 0.301. The third-order valence-corrected chi connectivity index (χ3v) is 6.33. The zero-order valence-corrected chi connectivity index (χ0v) is 13.0. The summed E-state index contributed by atoms with van der Waals surface area (Å²) >= 11 is 0. The Balaban J connectivity index is 2.07. The Labute approximate surface area is 119 Å². The molecular formula is C16H25NOS. The van der Waals surface area contributed by atoms with Crippen molar-refractivity contribution < 1.29 is 4.21 Å². The van der Waals surface area contributed by atoms with Gasteiger partial charge >= 0.3 is 0 Å². The van der Waals surface area contributed by atoms with E-state index in [-0.39, 0.29) is 0 Å². The maximum absolute atomic E-state index is 12.8. The molecule has 2 rings (SSSR count). The molecule has 0 amide bonds. The second kappa shape index (κ2) is 6.67. The molecule has 1 saturated carbocycles. The summed E-state index contributed by atoms with van der Waals surface area (Å²) in [6.07, 6.45) is 3.39. The number of aryl methyl sites for hydroxylation is 1. The van der Waals surface area contributed by atoms with Crippen LogP contribution in [0.15, 0.2) is 29.2 Å². The van der Waals surface area contributed by atoms with Crippen molar-refractivity contribution >= 4 is 10.8 Å². The molecule has 0 aliphatic heterocycles. The maximum Gasteiger partial charge on any atom is 0.0566 e. The fourth-order valence-corrected chi connectivity index (χ4v) is 4.85. The largest absolute Gasteiger partial charge is 0.314 e. The molecule has 2 nitrogen and oxygen atoms in total. The number of hydrogen-bond acceptors (Lipinski definition) is 2. The third-order valence-electron chi connectivity index (χ3n) is 4.23. The highest BCUT2D eigenvalue weighted by Crippen LogP contribution is 2.33. The standard InChI is InChI=1S/C16H25NOS/c1-4-11-17-14-9-10-16(13(14)3)19(18)15-8-6-5-7-12(15)2/h5-8,13-14,16-17H,4,9-11H2,1-3H3. The summed E-state index contributed by atoms with van der Waals surface area (Å²) < 4.78 is 12.8. The highest BCUT2D eigenvalue weighted by Gasteiger charge is 2.36. The SMILES string of the molecule is CCCNC1CCC(S(=O)c2ccccc2C)C1C. The predicted molar refractivity (Wildman–Crippen MR) is 81.9 cm³/mol. The molecule has 1 N–H and O–H groups in total. The van der Waals surface area contributed by atoms with Gasteiger partial charge in [0, 0.05) is 16.2 Å². The summed E-state index contributed by atoms with van der Waals surface area (Å²) in [4.78, 5) is 1.02. The van der Waals surface area contributed by atoms with Gasteiger partial charge in [0.05, 0.1) is 10.8 Å². The highest BCUT2D eigenvalue weighted by atomic mass is 32.2. The molecule has 1 fully saturated rings. The van der Waals surface area contributed by atoms with E-state index in [0.29, 0.717) is 17.2 Å². The second-order valence-electron chi connectivity index (χ2n) is 5.60. The minimum atomic E-state index is -0.867. The monoisotopic (exact) mass is 279 g/mol. The molecule has 0 saturated heterocycles. The van der Waals surface area contributed by atoms with Gasteiger partial charge in [-0.3, -0.25) is 4.21 Å². The van der Waals surface area contributed by atoms with Crippen LogP contribution in [0, 0.1) is 12.8 Å². The third kappa shape index (κ3) is 3.26. The highest BCUT2D eigenvalue weighted by molar-refractivity contribution is 7.85. The van der Waals surface area contributed by atoms with E-state index < -0.39 is 10.8 Å². The zero-order chi connectivity index (χ0) is 13.8. The lowest BCUT2D eigenvalue weighted by Crippen LogP contribution is -2.35. The molecule has 0 bridgehead atoms. The van der Waals surface area contributed by atoms with Gasteiger partial charge in [-0.05, 0) is 50.3 Å². The summed E-state index contributed by atoms with van der Waals surface area (Å²) in [5.74, 6) is 0.493. The molecule has 106 valence electrons. The summed E-state index contributed by atoms with van der Waals surface area (Å²) in [7, 11) is -0.867. The fraction of sp³-hybridized carbons (Fsp3) is 0.625. The topological polar surface area (TPSA) is 29.1 Å². The van der Waals surface area contributed by atoms with Crippen molar-refractivity contribution in [3.8, 4) is 0 Å². The molecule has 3 heteroatoms. The first-order valence-corrected chi connectivity index (χ1v) is 8.56. The molecule has 1 aliphatic rings. The minimum Gasteiger partial charge on any atom is -0.314 e. The van der Waals surface area contributed by atoms with Crippen LogP contribution in [0.25, 0.3) is 0 Å². The molecule has 4 atom stereocenters. The van der Waals surface area contributed by atoms with Crippen molar-refractivity contribution in [3.05, 3.63) is 29.8 Å². The number of benzene rings is 1. The molecule has 1 aliphatic carbocycles. The Morgan fingerprint density at radius 3 is 2.74 bits per heavy atom. The maximum atomic E-state index is 12.8. The average Bonchev–Trinajstić information content (AvgIpc) is 2.77. The van der Waals surface area contributed by atoms with Crippen molar-refractivity contribution in [2.75, 3.05) is 6.54 Å². The average molecular weight is 279 g/mol. The van der Waals surface area contributed by atoms with E-state index in [1.807, 2.05) is 18.2 Å². The predicted octanol–water partition coefficient (Wildman–Crippen LogP) is 3.27. The lowest BCUT2D eigenvalue weighted by atomic mass is 10.1. The zero-order valence-electron chi connectivity index (χ0n) is 12.2. The van der Waals surface area contributed by atoms with Gasteiger partial charge in [-0.1, -0.05) is 32.0 Å². The van der Waals surface area contributed by atoms with Crippen molar-refractivity contribution in [1.29, 1.82) is 0 Å². The molecule has 0 aromatic heterocycles. The smallest absolute Gasteiger partial charge is 0.0566 e. The van der Waals surface area contributed by atoms with E-state index in [2.05, 4.69) is 32.2 Å². The summed E-state index contributed by atoms with van der Waals surface area (Å²) in [5.41, 5.74) is 1.15. The first-order chi connectivity index (χ1) is 9.15. The summed E-state index contributed by atoms with van der Waals surface area (Å²) in [6.45, 7) is 7.56. The summed E-state index contributed by atoms with van der Waals surface area (Å²) in [6, 6.07) is 8.62. The normalized spacial score (nSPS) is 28.5. The van der Waals surface area contributed by atoms with Crippen LogP contribution in [0.3, 0.4) is 0 Å². The van der Waals surface area contributed by atoms with Gasteiger partial charge in [0.1, 0.15) is 0 Å². The van der Waals surface area contributed by atoms with E-state index in [0.717, 1.165) is 36.3 Å². The number of rotatable bonds is 5. The van der Waals surface area contributed by atoms with Crippen LogP contribution >= 0.6 is 0 Å². The number of hydrogen-bond donors (Lipinski definition) is 1. The van der Waals surface area contributed by atoms with Gasteiger partial charge in [0.15, 0.2) is 0 Å². The molecule has 4 unspecified atom stereocenters. The van der Waals surface area contributed by atoms with Crippen LogP contribution < -0.4 is 5.32 Å². The Hall–Kier alpha value is -0.670. The van der Waals surface area contributed by atoms with Crippen molar-refractivity contribution in [3.63, 3.8) is 0 Å². The Kier molecular flexibility index (Phi) is 5.17. The molecular weight excluding hydrogens is 254 g/mol. The van der Waals surface area contributed by atoms with E-state index in [1.54, 1.807) is 0 Å². The van der Waals surface area contributed by atoms with E-state index in [9.17, 15) is 4.21 Å². The van der Waals surface area contributed by atoms with E-state index in [4.69, 9.17) is 0 Å². The van der Waals surface area contributed by atoms with E-state index in [1.165, 1.54) is 0 Å². The van der Waals surface area contributed by atoms with Gasteiger partial charge in [-0.15, -0.1) is 0 Å². The van der Waals surface area contributed by atoms with Crippen LogP contribution in [0.1, 0.15) is 38.7 Å².